The van der Waals surface area contributed by atoms with Crippen molar-refractivity contribution in [2.24, 2.45) is 0 Å². The highest BCUT2D eigenvalue weighted by Crippen LogP contribution is 2.23. The Hall–Kier alpha value is -2.59. The molecule has 1 aromatic carbocycles. The third-order valence-electron chi connectivity index (χ3n) is 4.28. The number of morpholine rings is 1. The van der Waals surface area contributed by atoms with Crippen molar-refractivity contribution in [2.75, 3.05) is 49.3 Å². The average Bonchev–Trinajstić information content (AvgIpc) is 3.15. The van der Waals surface area contributed by atoms with E-state index in [9.17, 15) is 9.59 Å². The maximum atomic E-state index is 12.3. The molecule has 2 heterocycles. The summed E-state index contributed by atoms with van der Waals surface area (Å²) < 4.78 is 7.39. The Morgan fingerprint density at radius 2 is 2.04 bits per heavy atom. The molecule has 10 heteroatoms. The van der Waals surface area contributed by atoms with Gasteiger partial charge < -0.3 is 20.3 Å². The highest BCUT2D eigenvalue weighted by Gasteiger charge is 2.20. The zero-order chi connectivity index (χ0) is 19.9. The fourth-order valence-corrected chi connectivity index (χ4v) is 3.67. The smallest absolute Gasteiger partial charge is 0.251 e. The van der Waals surface area contributed by atoms with Gasteiger partial charge in [0.05, 0.1) is 19.0 Å². The van der Waals surface area contributed by atoms with Crippen LogP contribution >= 0.6 is 11.8 Å². The summed E-state index contributed by atoms with van der Waals surface area (Å²) in [6.07, 6.45) is 0. The third-order valence-corrected chi connectivity index (χ3v) is 5.24. The number of carbonyl (C=O) groups excluding carboxylic acids is 2. The number of hydrogen-bond donors (Lipinski definition) is 2. The van der Waals surface area contributed by atoms with E-state index in [1.165, 1.54) is 11.8 Å². The van der Waals surface area contributed by atoms with Crippen LogP contribution in [0.15, 0.2) is 29.4 Å². The van der Waals surface area contributed by atoms with Gasteiger partial charge in [0.25, 0.3) is 5.91 Å². The van der Waals surface area contributed by atoms with Gasteiger partial charge in [0.2, 0.25) is 11.9 Å². The number of amides is 2. The molecule has 2 N–H and O–H groups in total. The minimum Gasteiger partial charge on any atom is -0.378 e. The van der Waals surface area contributed by atoms with Crippen molar-refractivity contribution in [3.05, 3.63) is 29.8 Å². The predicted octanol–water partition coefficient (Wildman–Crippen LogP) is 1.22. The Balaban J connectivity index is 1.60. The van der Waals surface area contributed by atoms with E-state index in [1.54, 1.807) is 31.3 Å². The van der Waals surface area contributed by atoms with E-state index < -0.39 is 0 Å². The molecule has 2 aromatic rings. The fourth-order valence-electron chi connectivity index (χ4n) is 2.87. The summed E-state index contributed by atoms with van der Waals surface area (Å²) in [6, 6.07) is 6.82. The molecule has 1 fully saturated rings. The summed E-state index contributed by atoms with van der Waals surface area (Å²) in [5.74, 6) is 0.646. The number of ether oxygens (including phenoxy) is 1. The number of aromatic nitrogens is 3. The Bertz CT molecular complexity index is 834. The molecule has 3 rings (SSSR count). The van der Waals surface area contributed by atoms with Gasteiger partial charge in [0.1, 0.15) is 0 Å². The van der Waals surface area contributed by atoms with Crippen LogP contribution in [-0.4, -0.2) is 65.7 Å². The van der Waals surface area contributed by atoms with Crippen LogP contribution in [0.4, 0.5) is 11.6 Å². The van der Waals surface area contributed by atoms with Gasteiger partial charge in [-0.15, -0.1) is 10.2 Å². The molecule has 1 aliphatic heterocycles. The standard InChI is InChI=1S/C18H24N6O3S/c1-3-24-17(23-7-9-27-10-8-23)21-22-18(24)28-12-15(25)20-14-6-4-5-13(11-14)16(26)19-2/h4-6,11H,3,7-10,12H2,1-2H3,(H,19,26)(H,20,25). The normalized spacial score (nSPS) is 14.0. The minimum absolute atomic E-state index is 0.169. The van der Waals surface area contributed by atoms with Gasteiger partial charge in [0.15, 0.2) is 5.16 Å². The summed E-state index contributed by atoms with van der Waals surface area (Å²) in [7, 11) is 1.57. The highest BCUT2D eigenvalue weighted by atomic mass is 32.2. The van der Waals surface area contributed by atoms with E-state index >= 15 is 0 Å². The Morgan fingerprint density at radius 3 is 2.75 bits per heavy atom. The lowest BCUT2D eigenvalue weighted by molar-refractivity contribution is -0.113. The molecule has 0 bridgehead atoms. The van der Waals surface area contributed by atoms with Crippen molar-refractivity contribution < 1.29 is 14.3 Å². The second-order valence-corrected chi connectivity index (χ2v) is 7.07. The molecule has 0 aliphatic carbocycles. The van der Waals surface area contributed by atoms with E-state index in [0.29, 0.717) is 29.6 Å². The monoisotopic (exact) mass is 404 g/mol. The van der Waals surface area contributed by atoms with Crippen LogP contribution < -0.4 is 15.5 Å². The topological polar surface area (TPSA) is 101 Å². The highest BCUT2D eigenvalue weighted by molar-refractivity contribution is 7.99. The first-order valence-corrected chi connectivity index (χ1v) is 10.1. The lowest BCUT2D eigenvalue weighted by Crippen LogP contribution is -2.38. The van der Waals surface area contributed by atoms with Gasteiger partial charge >= 0.3 is 0 Å². The molecule has 2 amide bonds. The molecule has 0 unspecified atom stereocenters. The molecular formula is C18H24N6O3S. The second kappa shape index (κ2) is 9.56. The number of nitrogens with one attached hydrogen (secondary N) is 2. The molecule has 0 radical (unpaired) electrons. The van der Waals surface area contributed by atoms with Gasteiger partial charge in [0, 0.05) is 37.9 Å². The average molecular weight is 404 g/mol. The van der Waals surface area contributed by atoms with E-state index in [0.717, 1.165) is 25.6 Å². The molecular weight excluding hydrogens is 380 g/mol. The summed E-state index contributed by atoms with van der Waals surface area (Å²) in [5, 5.41) is 14.6. The van der Waals surface area contributed by atoms with Crippen molar-refractivity contribution in [1.82, 2.24) is 20.1 Å². The first kappa shape index (κ1) is 20.2. The molecule has 9 nitrogen and oxygen atoms in total. The summed E-state index contributed by atoms with van der Waals surface area (Å²) in [6.45, 7) is 5.67. The summed E-state index contributed by atoms with van der Waals surface area (Å²) in [5.41, 5.74) is 1.08. The van der Waals surface area contributed by atoms with Gasteiger partial charge in [-0.25, -0.2) is 0 Å². The zero-order valence-electron chi connectivity index (χ0n) is 16.0. The zero-order valence-corrected chi connectivity index (χ0v) is 16.8. The van der Waals surface area contributed by atoms with Crippen LogP contribution in [0.3, 0.4) is 0 Å². The van der Waals surface area contributed by atoms with E-state index in [4.69, 9.17) is 4.74 Å². The maximum absolute atomic E-state index is 12.3. The number of anilines is 2. The van der Waals surface area contributed by atoms with E-state index in [1.807, 2.05) is 11.5 Å². The maximum Gasteiger partial charge on any atom is 0.251 e. The number of nitrogens with zero attached hydrogens (tertiary/aromatic N) is 4. The Morgan fingerprint density at radius 1 is 1.25 bits per heavy atom. The molecule has 1 saturated heterocycles. The van der Waals surface area contributed by atoms with Gasteiger partial charge in [-0.05, 0) is 25.1 Å². The molecule has 1 aromatic heterocycles. The van der Waals surface area contributed by atoms with Crippen LogP contribution in [0, 0.1) is 0 Å². The number of hydrogen-bond acceptors (Lipinski definition) is 7. The summed E-state index contributed by atoms with van der Waals surface area (Å²) in [4.78, 5) is 26.2. The van der Waals surface area contributed by atoms with E-state index in [2.05, 4.69) is 25.7 Å². The van der Waals surface area contributed by atoms with Crippen molar-refractivity contribution >= 4 is 35.2 Å². The molecule has 28 heavy (non-hydrogen) atoms. The second-order valence-electron chi connectivity index (χ2n) is 6.12. The first-order chi connectivity index (χ1) is 13.6. The fraction of sp³-hybridized carbons (Fsp3) is 0.444. The van der Waals surface area contributed by atoms with Crippen LogP contribution in [0.2, 0.25) is 0 Å². The SMILES string of the molecule is CCn1c(SCC(=O)Nc2cccc(C(=O)NC)c2)nnc1N1CCOCC1. The molecule has 0 atom stereocenters. The predicted molar refractivity (Wildman–Crippen MR) is 108 cm³/mol. The number of rotatable bonds is 7. The quantitative estimate of drug-likeness (QED) is 0.669. The number of thioether (sulfide) groups is 1. The van der Waals surface area contributed by atoms with Crippen molar-refractivity contribution in [3.8, 4) is 0 Å². The minimum atomic E-state index is -0.197. The van der Waals surface area contributed by atoms with Crippen LogP contribution in [-0.2, 0) is 16.1 Å². The largest absolute Gasteiger partial charge is 0.378 e. The molecule has 0 saturated carbocycles. The van der Waals surface area contributed by atoms with Gasteiger partial charge in [-0.3, -0.25) is 14.2 Å². The van der Waals surface area contributed by atoms with Crippen LogP contribution in [0.5, 0.6) is 0 Å². The molecule has 1 aliphatic rings. The molecule has 0 spiro atoms. The summed E-state index contributed by atoms with van der Waals surface area (Å²) >= 11 is 1.34. The molecule has 150 valence electrons. The van der Waals surface area contributed by atoms with Crippen molar-refractivity contribution in [2.45, 2.75) is 18.6 Å². The van der Waals surface area contributed by atoms with Gasteiger partial charge in [-0.2, -0.15) is 0 Å². The van der Waals surface area contributed by atoms with Crippen molar-refractivity contribution in [1.29, 1.82) is 0 Å². The van der Waals surface area contributed by atoms with Crippen LogP contribution in [0.25, 0.3) is 0 Å². The number of benzene rings is 1. The van der Waals surface area contributed by atoms with Gasteiger partial charge in [-0.1, -0.05) is 17.8 Å². The van der Waals surface area contributed by atoms with E-state index in [-0.39, 0.29) is 17.6 Å². The number of carbonyl (C=O) groups is 2. The third kappa shape index (κ3) is 4.82. The lowest BCUT2D eigenvalue weighted by atomic mass is 10.2. The van der Waals surface area contributed by atoms with Crippen LogP contribution in [0.1, 0.15) is 17.3 Å². The Labute approximate surface area is 167 Å². The Kier molecular flexibility index (Phi) is 6.88. The van der Waals surface area contributed by atoms with Crippen molar-refractivity contribution in [3.63, 3.8) is 0 Å². The first-order valence-electron chi connectivity index (χ1n) is 9.13. The lowest BCUT2D eigenvalue weighted by Gasteiger charge is -2.27.